The zero-order valence-electron chi connectivity index (χ0n) is 11.2. The number of rotatable bonds is 5. The molecule has 17 heavy (non-hydrogen) atoms. The van der Waals surface area contributed by atoms with Crippen LogP contribution in [0.2, 0.25) is 0 Å². The molecule has 0 saturated carbocycles. The van der Waals surface area contributed by atoms with Crippen molar-refractivity contribution in [3.05, 3.63) is 46.4 Å². The first-order valence-corrected chi connectivity index (χ1v) is 7.06. The molecule has 2 N–H and O–H groups in total. The van der Waals surface area contributed by atoms with E-state index in [0.717, 1.165) is 6.54 Å². The molecule has 0 amide bonds. The minimum Gasteiger partial charge on any atom is -0.329 e. The SMILES string of the molecule is C/C=C(\SC(C)CN)C(C)c1cccc(C)c1. The van der Waals surface area contributed by atoms with Crippen molar-refractivity contribution in [2.24, 2.45) is 5.73 Å². The number of aryl methyl sites for hydroxylation is 1. The van der Waals surface area contributed by atoms with Crippen LogP contribution in [0.15, 0.2) is 35.2 Å². The Labute approximate surface area is 109 Å². The van der Waals surface area contributed by atoms with E-state index in [2.05, 4.69) is 58.0 Å². The van der Waals surface area contributed by atoms with Crippen LogP contribution < -0.4 is 5.73 Å². The van der Waals surface area contributed by atoms with Gasteiger partial charge in [-0.15, -0.1) is 11.8 Å². The van der Waals surface area contributed by atoms with E-state index in [1.54, 1.807) is 0 Å². The van der Waals surface area contributed by atoms with E-state index < -0.39 is 0 Å². The number of hydrogen-bond donors (Lipinski definition) is 1. The number of hydrogen-bond acceptors (Lipinski definition) is 2. The Morgan fingerprint density at radius 3 is 2.65 bits per heavy atom. The minimum absolute atomic E-state index is 0.457. The van der Waals surface area contributed by atoms with Crippen molar-refractivity contribution in [2.75, 3.05) is 6.54 Å². The molecular formula is C15H23NS. The third-order valence-corrected chi connectivity index (χ3v) is 4.38. The fourth-order valence-corrected chi connectivity index (χ4v) is 2.84. The standard InChI is InChI=1S/C15H23NS/c1-5-15(17-12(3)10-16)13(4)14-8-6-7-11(2)9-14/h5-9,12-13H,10,16H2,1-4H3/b15-5-. The molecule has 0 fully saturated rings. The van der Waals surface area contributed by atoms with Crippen LogP contribution in [0.3, 0.4) is 0 Å². The van der Waals surface area contributed by atoms with Crippen LogP contribution in [0.25, 0.3) is 0 Å². The maximum atomic E-state index is 5.69. The van der Waals surface area contributed by atoms with Gasteiger partial charge in [-0.25, -0.2) is 0 Å². The van der Waals surface area contributed by atoms with Gasteiger partial charge in [-0.05, 0) is 24.3 Å². The molecule has 0 aliphatic carbocycles. The number of allylic oxidation sites excluding steroid dienone is 2. The van der Waals surface area contributed by atoms with E-state index in [4.69, 9.17) is 5.73 Å². The summed E-state index contributed by atoms with van der Waals surface area (Å²) >= 11 is 1.89. The molecule has 1 rings (SSSR count). The summed E-state index contributed by atoms with van der Waals surface area (Å²) in [4.78, 5) is 1.41. The monoisotopic (exact) mass is 249 g/mol. The summed E-state index contributed by atoms with van der Waals surface area (Å²) in [6.45, 7) is 9.42. The molecule has 2 atom stereocenters. The number of benzene rings is 1. The van der Waals surface area contributed by atoms with E-state index in [0.29, 0.717) is 11.2 Å². The first-order chi connectivity index (χ1) is 8.08. The fourth-order valence-electron chi connectivity index (χ4n) is 1.80. The second kappa shape index (κ2) is 6.87. The molecule has 0 heterocycles. The van der Waals surface area contributed by atoms with Crippen LogP contribution in [0.4, 0.5) is 0 Å². The van der Waals surface area contributed by atoms with Gasteiger partial charge < -0.3 is 5.73 Å². The van der Waals surface area contributed by atoms with Gasteiger partial charge in [-0.2, -0.15) is 0 Å². The van der Waals surface area contributed by atoms with Crippen LogP contribution in [-0.4, -0.2) is 11.8 Å². The smallest absolute Gasteiger partial charge is 0.0186 e. The summed E-state index contributed by atoms with van der Waals surface area (Å²) in [5.41, 5.74) is 8.40. The van der Waals surface area contributed by atoms with Crippen molar-refractivity contribution in [3.8, 4) is 0 Å². The van der Waals surface area contributed by atoms with Gasteiger partial charge in [0.25, 0.3) is 0 Å². The van der Waals surface area contributed by atoms with Crippen LogP contribution in [-0.2, 0) is 0 Å². The van der Waals surface area contributed by atoms with Gasteiger partial charge in [0, 0.05) is 17.7 Å². The number of nitrogens with two attached hydrogens (primary N) is 1. The maximum absolute atomic E-state index is 5.69. The van der Waals surface area contributed by atoms with Crippen LogP contribution in [0.5, 0.6) is 0 Å². The molecule has 2 unspecified atom stereocenters. The van der Waals surface area contributed by atoms with Crippen molar-refractivity contribution >= 4 is 11.8 Å². The quantitative estimate of drug-likeness (QED) is 0.851. The Hall–Kier alpha value is -0.730. The Morgan fingerprint density at radius 2 is 2.12 bits per heavy atom. The van der Waals surface area contributed by atoms with E-state index in [-0.39, 0.29) is 0 Å². The molecule has 0 aliphatic rings. The van der Waals surface area contributed by atoms with Crippen LogP contribution >= 0.6 is 11.8 Å². The van der Waals surface area contributed by atoms with Crippen molar-refractivity contribution in [1.29, 1.82) is 0 Å². The minimum atomic E-state index is 0.457. The second-order valence-corrected chi connectivity index (χ2v) is 6.00. The summed E-state index contributed by atoms with van der Waals surface area (Å²) in [5.74, 6) is 0.457. The molecular weight excluding hydrogens is 226 g/mol. The van der Waals surface area contributed by atoms with Gasteiger partial charge in [0.1, 0.15) is 0 Å². The predicted molar refractivity (Wildman–Crippen MR) is 79.5 cm³/mol. The molecule has 1 aromatic carbocycles. The molecule has 2 heteroatoms. The average molecular weight is 249 g/mol. The highest BCUT2D eigenvalue weighted by Crippen LogP contribution is 2.34. The van der Waals surface area contributed by atoms with E-state index in [1.807, 2.05) is 11.8 Å². The van der Waals surface area contributed by atoms with Crippen molar-refractivity contribution < 1.29 is 0 Å². The molecule has 1 aromatic rings. The Bertz CT molecular complexity index is 384. The van der Waals surface area contributed by atoms with Gasteiger partial charge in [-0.3, -0.25) is 0 Å². The summed E-state index contributed by atoms with van der Waals surface area (Å²) in [5, 5.41) is 0.480. The lowest BCUT2D eigenvalue weighted by molar-refractivity contribution is 0.923. The Kier molecular flexibility index (Phi) is 5.79. The first-order valence-electron chi connectivity index (χ1n) is 6.18. The third-order valence-electron chi connectivity index (χ3n) is 2.92. The molecule has 0 radical (unpaired) electrons. The lowest BCUT2D eigenvalue weighted by Gasteiger charge is -2.19. The maximum Gasteiger partial charge on any atom is 0.0186 e. The molecule has 1 nitrogen and oxygen atoms in total. The van der Waals surface area contributed by atoms with E-state index in [9.17, 15) is 0 Å². The lowest BCUT2D eigenvalue weighted by Crippen LogP contribution is -2.13. The van der Waals surface area contributed by atoms with Crippen LogP contribution in [0, 0.1) is 6.92 Å². The zero-order chi connectivity index (χ0) is 12.8. The highest BCUT2D eigenvalue weighted by molar-refractivity contribution is 8.03. The zero-order valence-corrected chi connectivity index (χ0v) is 12.1. The second-order valence-electron chi connectivity index (χ2n) is 4.49. The summed E-state index contributed by atoms with van der Waals surface area (Å²) in [6, 6.07) is 8.74. The van der Waals surface area contributed by atoms with Gasteiger partial charge in [0.15, 0.2) is 0 Å². The first kappa shape index (κ1) is 14.3. The van der Waals surface area contributed by atoms with Gasteiger partial charge >= 0.3 is 0 Å². The molecule has 94 valence electrons. The topological polar surface area (TPSA) is 26.0 Å². The van der Waals surface area contributed by atoms with Gasteiger partial charge in [0.2, 0.25) is 0 Å². The Morgan fingerprint density at radius 1 is 1.41 bits per heavy atom. The molecule has 0 spiro atoms. The van der Waals surface area contributed by atoms with E-state index >= 15 is 0 Å². The fraction of sp³-hybridized carbons (Fsp3) is 0.467. The predicted octanol–water partition coefficient (Wildman–Crippen LogP) is 4.08. The highest BCUT2D eigenvalue weighted by atomic mass is 32.2. The third kappa shape index (κ3) is 4.21. The van der Waals surface area contributed by atoms with E-state index in [1.165, 1.54) is 16.0 Å². The number of thioether (sulfide) groups is 1. The van der Waals surface area contributed by atoms with Crippen molar-refractivity contribution in [2.45, 2.75) is 38.9 Å². The molecule has 0 bridgehead atoms. The summed E-state index contributed by atoms with van der Waals surface area (Å²) in [7, 11) is 0. The molecule has 0 aliphatic heterocycles. The van der Waals surface area contributed by atoms with Crippen LogP contribution in [0.1, 0.15) is 37.8 Å². The highest BCUT2D eigenvalue weighted by Gasteiger charge is 2.13. The van der Waals surface area contributed by atoms with Gasteiger partial charge in [-0.1, -0.05) is 49.8 Å². The molecule has 0 aromatic heterocycles. The summed E-state index contributed by atoms with van der Waals surface area (Å²) in [6.07, 6.45) is 2.21. The normalized spacial score (nSPS) is 15.7. The van der Waals surface area contributed by atoms with Crippen molar-refractivity contribution in [1.82, 2.24) is 0 Å². The summed E-state index contributed by atoms with van der Waals surface area (Å²) < 4.78 is 0. The van der Waals surface area contributed by atoms with Crippen molar-refractivity contribution in [3.63, 3.8) is 0 Å². The molecule has 0 saturated heterocycles. The average Bonchev–Trinajstić information content (AvgIpc) is 2.34. The largest absolute Gasteiger partial charge is 0.329 e. The lowest BCUT2D eigenvalue weighted by atomic mass is 9.99. The Balaban J connectivity index is 2.83. The van der Waals surface area contributed by atoms with Gasteiger partial charge in [0.05, 0.1) is 0 Å².